The van der Waals surface area contributed by atoms with Gasteiger partial charge in [-0.05, 0) is 54.6 Å². The summed E-state index contributed by atoms with van der Waals surface area (Å²) < 4.78 is 38.8. The molecule has 2 aromatic carbocycles. The Kier molecular flexibility index (Phi) is 5.23. The van der Waals surface area contributed by atoms with Crippen molar-refractivity contribution in [3.05, 3.63) is 82.5 Å². The molecule has 1 amide bonds. The van der Waals surface area contributed by atoms with Gasteiger partial charge < -0.3 is 5.32 Å². The second-order valence-electron chi connectivity index (χ2n) is 5.85. The van der Waals surface area contributed by atoms with Crippen LogP contribution in [0.15, 0.2) is 65.5 Å². The SMILES string of the molecule is CS(=O)(=O)Nc1ccc(NC(=O)c2ccc(=O)n(-c3ccc(F)cc3)n2)cc1. The lowest BCUT2D eigenvalue weighted by Crippen LogP contribution is -2.24. The number of rotatable bonds is 5. The van der Waals surface area contributed by atoms with Crippen LogP contribution in [0.5, 0.6) is 0 Å². The summed E-state index contributed by atoms with van der Waals surface area (Å²) in [7, 11) is -3.40. The molecule has 3 rings (SSSR count). The lowest BCUT2D eigenvalue weighted by atomic mass is 10.2. The summed E-state index contributed by atoms with van der Waals surface area (Å²) in [5, 5.41) is 6.61. The van der Waals surface area contributed by atoms with E-state index in [9.17, 15) is 22.4 Å². The van der Waals surface area contributed by atoms with Gasteiger partial charge in [-0.15, -0.1) is 0 Å². The molecule has 0 bridgehead atoms. The molecule has 0 spiro atoms. The number of aromatic nitrogens is 2. The topological polar surface area (TPSA) is 110 Å². The van der Waals surface area contributed by atoms with Crippen molar-refractivity contribution in [3.63, 3.8) is 0 Å². The summed E-state index contributed by atoms with van der Waals surface area (Å²) in [5.41, 5.74) is 0.577. The molecule has 10 heteroatoms. The summed E-state index contributed by atoms with van der Waals surface area (Å²) in [6, 6.07) is 13.6. The number of carbonyl (C=O) groups is 1. The van der Waals surface area contributed by atoms with Gasteiger partial charge in [0, 0.05) is 17.4 Å². The Bertz CT molecular complexity index is 1170. The predicted octanol–water partition coefficient (Wildman–Crippen LogP) is 2.00. The van der Waals surface area contributed by atoms with Gasteiger partial charge in [-0.2, -0.15) is 9.78 Å². The summed E-state index contributed by atoms with van der Waals surface area (Å²) in [6.45, 7) is 0. The Morgan fingerprint density at radius 3 is 2.18 bits per heavy atom. The van der Waals surface area contributed by atoms with Crippen molar-refractivity contribution >= 4 is 27.3 Å². The van der Waals surface area contributed by atoms with Crippen LogP contribution in [0.1, 0.15) is 10.5 Å². The van der Waals surface area contributed by atoms with Crippen LogP contribution in [0, 0.1) is 5.82 Å². The van der Waals surface area contributed by atoms with Crippen LogP contribution < -0.4 is 15.6 Å². The fourth-order valence-electron chi connectivity index (χ4n) is 2.33. The average Bonchev–Trinajstić information content (AvgIpc) is 2.63. The lowest BCUT2D eigenvalue weighted by Gasteiger charge is -2.09. The zero-order valence-electron chi connectivity index (χ0n) is 14.6. The van der Waals surface area contributed by atoms with Crippen LogP contribution in [-0.2, 0) is 10.0 Å². The highest BCUT2D eigenvalue weighted by atomic mass is 32.2. The Morgan fingerprint density at radius 1 is 0.964 bits per heavy atom. The number of carbonyl (C=O) groups excluding carboxylic acids is 1. The summed E-state index contributed by atoms with van der Waals surface area (Å²) >= 11 is 0. The van der Waals surface area contributed by atoms with E-state index in [1.54, 1.807) is 0 Å². The molecule has 3 aromatic rings. The first-order valence-electron chi connectivity index (χ1n) is 7.97. The Hall–Kier alpha value is -3.53. The molecule has 0 radical (unpaired) electrons. The average molecular weight is 402 g/mol. The van der Waals surface area contributed by atoms with E-state index in [0.717, 1.165) is 10.9 Å². The van der Waals surface area contributed by atoms with Crippen molar-refractivity contribution in [1.29, 1.82) is 0 Å². The number of anilines is 2. The third kappa shape index (κ3) is 4.80. The van der Waals surface area contributed by atoms with Crippen LogP contribution in [0.3, 0.4) is 0 Å². The van der Waals surface area contributed by atoms with E-state index in [0.29, 0.717) is 17.1 Å². The van der Waals surface area contributed by atoms with Crippen molar-refractivity contribution in [1.82, 2.24) is 9.78 Å². The largest absolute Gasteiger partial charge is 0.321 e. The number of benzene rings is 2. The maximum Gasteiger partial charge on any atom is 0.276 e. The quantitative estimate of drug-likeness (QED) is 0.678. The van der Waals surface area contributed by atoms with Gasteiger partial charge in [0.2, 0.25) is 10.0 Å². The van der Waals surface area contributed by atoms with E-state index in [-0.39, 0.29) is 5.69 Å². The number of halogens is 1. The van der Waals surface area contributed by atoms with Crippen LogP contribution in [0.4, 0.5) is 15.8 Å². The second kappa shape index (κ2) is 7.61. The molecule has 28 heavy (non-hydrogen) atoms. The molecular formula is C18H15FN4O4S. The molecule has 144 valence electrons. The van der Waals surface area contributed by atoms with Crippen molar-refractivity contribution < 1.29 is 17.6 Å². The van der Waals surface area contributed by atoms with Gasteiger partial charge in [-0.25, -0.2) is 12.8 Å². The van der Waals surface area contributed by atoms with Gasteiger partial charge in [0.25, 0.3) is 11.5 Å². The molecule has 0 unspecified atom stereocenters. The van der Waals surface area contributed by atoms with E-state index in [4.69, 9.17) is 0 Å². The summed E-state index contributed by atoms with van der Waals surface area (Å²) in [6.07, 6.45) is 1.03. The summed E-state index contributed by atoms with van der Waals surface area (Å²) in [4.78, 5) is 24.4. The standard InChI is InChI=1S/C18H15FN4O4S/c1-28(26,27)22-14-6-4-13(5-7-14)20-18(25)16-10-11-17(24)23(21-16)15-8-2-12(19)3-9-15/h2-11,22H,1H3,(H,20,25). The van der Waals surface area contributed by atoms with Gasteiger partial charge in [0.15, 0.2) is 0 Å². The molecule has 1 aromatic heterocycles. The van der Waals surface area contributed by atoms with Crippen molar-refractivity contribution in [2.45, 2.75) is 0 Å². The predicted molar refractivity (Wildman–Crippen MR) is 103 cm³/mol. The number of amides is 1. The minimum Gasteiger partial charge on any atom is -0.321 e. The highest BCUT2D eigenvalue weighted by molar-refractivity contribution is 7.92. The second-order valence-corrected chi connectivity index (χ2v) is 7.60. The lowest BCUT2D eigenvalue weighted by molar-refractivity contribution is 0.102. The molecule has 0 atom stereocenters. The minimum absolute atomic E-state index is 0.0257. The molecular weight excluding hydrogens is 387 g/mol. The first-order chi connectivity index (χ1) is 13.2. The highest BCUT2D eigenvalue weighted by Crippen LogP contribution is 2.15. The highest BCUT2D eigenvalue weighted by Gasteiger charge is 2.11. The van der Waals surface area contributed by atoms with Crippen LogP contribution in [0.25, 0.3) is 5.69 Å². The molecule has 0 saturated carbocycles. The van der Waals surface area contributed by atoms with E-state index in [2.05, 4.69) is 15.1 Å². The van der Waals surface area contributed by atoms with Gasteiger partial charge in [-0.3, -0.25) is 14.3 Å². The molecule has 2 N–H and O–H groups in total. The maximum atomic E-state index is 13.1. The first-order valence-corrected chi connectivity index (χ1v) is 9.86. The number of nitrogens with zero attached hydrogens (tertiary/aromatic N) is 2. The third-order valence-corrected chi connectivity index (χ3v) is 4.16. The monoisotopic (exact) mass is 402 g/mol. The Morgan fingerprint density at radius 2 is 1.57 bits per heavy atom. The van der Waals surface area contributed by atoms with E-state index in [1.165, 1.54) is 60.7 Å². The van der Waals surface area contributed by atoms with E-state index in [1.807, 2.05) is 0 Å². The third-order valence-electron chi connectivity index (χ3n) is 3.55. The van der Waals surface area contributed by atoms with Crippen molar-refractivity contribution in [2.75, 3.05) is 16.3 Å². The first kappa shape index (κ1) is 19.2. The molecule has 0 aliphatic carbocycles. The molecule has 8 nitrogen and oxygen atoms in total. The fourth-order valence-corrected chi connectivity index (χ4v) is 2.89. The molecule has 0 aliphatic rings. The molecule has 1 heterocycles. The molecule has 0 fully saturated rings. The van der Waals surface area contributed by atoms with Crippen LogP contribution in [0.2, 0.25) is 0 Å². The Balaban J connectivity index is 1.80. The van der Waals surface area contributed by atoms with Gasteiger partial charge in [-0.1, -0.05) is 0 Å². The summed E-state index contributed by atoms with van der Waals surface area (Å²) in [5.74, 6) is -1.03. The van der Waals surface area contributed by atoms with E-state index < -0.39 is 27.3 Å². The fraction of sp³-hybridized carbons (Fsp3) is 0.0556. The smallest absolute Gasteiger partial charge is 0.276 e. The van der Waals surface area contributed by atoms with E-state index >= 15 is 0 Å². The van der Waals surface area contributed by atoms with Gasteiger partial charge >= 0.3 is 0 Å². The zero-order chi connectivity index (χ0) is 20.3. The number of nitrogens with one attached hydrogen (secondary N) is 2. The van der Waals surface area contributed by atoms with Crippen LogP contribution in [-0.4, -0.2) is 30.4 Å². The van der Waals surface area contributed by atoms with Crippen molar-refractivity contribution in [2.24, 2.45) is 0 Å². The normalized spacial score (nSPS) is 11.1. The van der Waals surface area contributed by atoms with Gasteiger partial charge in [0.1, 0.15) is 11.5 Å². The Labute approximate surface area is 159 Å². The maximum absolute atomic E-state index is 13.1. The number of sulfonamides is 1. The minimum atomic E-state index is -3.40. The van der Waals surface area contributed by atoms with Crippen LogP contribution >= 0.6 is 0 Å². The van der Waals surface area contributed by atoms with Crippen molar-refractivity contribution in [3.8, 4) is 5.69 Å². The number of hydrogen-bond donors (Lipinski definition) is 2. The van der Waals surface area contributed by atoms with Gasteiger partial charge in [0.05, 0.1) is 11.9 Å². The molecule has 0 saturated heterocycles. The zero-order valence-corrected chi connectivity index (χ0v) is 15.4. The molecule has 0 aliphatic heterocycles. The number of hydrogen-bond acceptors (Lipinski definition) is 5.